The summed E-state index contributed by atoms with van der Waals surface area (Å²) in [6.45, 7) is 6.09. The van der Waals surface area contributed by atoms with Crippen molar-refractivity contribution in [3.8, 4) is 0 Å². The first-order valence-corrected chi connectivity index (χ1v) is 8.18. The van der Waals surface area contributed by atoms with E-state index in [4.69, 9.17) is 16.3 Å². The van der Waals surface area contributed by atoms with Crippen LogP contribution in [-0.2, 0) is 4.74 Å². The average Bonchev–Trinajstić information content (AvgIpc) is 2.95. The number of rotatable bonds is 5. The fourth-order valence-corrected chi connectivity index (χ4v) is 3.09. The Morgan fingerprint density at radius 2 is 2.00 bits per heavy atom. The summed E-state index contributed by atoms with van der Waals surface area (Å²) in [7, 11) is 0. The van der Waals surface area contributed by atoms with E-state index in [0.29, 0.717) is 17.3 Å². The molecular weight excluding hydrogens is 322 g/mol. The van der Waals surface area contributed by atoms with E-state index < -0.39 is 0 Å². The van der Waals surface area contributed by atoms with E-state index in [2.05, 4.69) is 6.58 Å². The van der Waals surface area contributed by atoms with Crippen molar-refractivity contribution in [3.05, 3.63) is 83.5 Å². The zero-order valence-electron chi connectivity index (χ0n) is 13.4. The summed E-state index contributed by atoms with van der Waals surface area (Å²) in [4.78, 5) is 12.5. The number of carbonyl (C=O) groups is 1. The van der Waals surface area contributed by atoms with Crippen LogP contribution >= 0.6 is 11.6 Å². The molecule has 3 rings (SSSR count). The van der Waals surface area contributed by atoms with Crippen LogP contribution in [0.15, 0.2) is 67.3 Å². The first kappa shape index (κ1) is 16.3. The molecule has 0 saturated carbocycles. The quantitative estimate of drug-likeness (QED) is 0.469. The molecule has 0 fully saturated rings. The van der Waals surface area contributed by atoms with Crippen LogP contribution in [-0.4, -0.2) is 17.1 Å². The van der Waals surface area contributed by atoms with E-state index in [1.165, 1.54) is 0 Å². The van der Waals surface area contributed by atoms with Crippen LogP contribution in [0, 0.1) is 0 Å². The highest BCUT2D eigenvalue weighted by atomic mass is 35.5. The lowest BCUT2D eigenvalue weighted by molar-refractivity contribution is 0.0514. The molecule has 1 atom stereocenters. The molecule has 1 heterocycles. The molecule has 0 N–H and O–H groups in total. The summed E-state index contributed by atoms with van der Waals surface area (Å²) < 4.78 is 7.18. The molecule has 0 radical (unpaired) electrons. The fourth-order valence-electron chi connectivity index (χ4n) is 2.91. The largest absolute Gasteiger partial charge is 0.461 e. The maximum atomic E-state index is 12.5. The van der Waals surface area contributed by atoms with Gasteiger partial charge < -0.3 is 9.30 Å². The number of esters is 1. The van der Waals surface area contributed by atoms with Crippen molar-refractivity contribution in [2.45, 2.75) is 13.0 Å². The molecule has 0 spiro atoms. The number of benzene rings is 2. The van der Waals surface area contributed by atoms with Crippen LogP contribution in [0.1, 0.15) is 29.0 Å². The first-order valence-electron chi connectivity index (χ1n) is 7.80. The van der Waals surface area contributed by atoms with Gasteiger partial charge in [0.25, 0.3) is 0 Å². The molecule has 24 heavy (non-hydrogen) atoms. The maximum Gasteiger partial charge on any atom is 0.355 e. The van der Waals surface area contributed by atoms with E-state index >= 15 is 0 Å². The summed E-state index contributed by atoms with van der Waals surface area (Å²) in [6, 6.07) is 17.2. The Hall–Kier alpha value is -2.52. The standard InChI is InChI=1S/C20H18ClNO2/c1-3-17(14-8-6-5-7-9-14)22-18-11-10-16(21)12-15(18)13-19(22)20(23)24-4-2/h3,5-13,17H,1,4H2,2H3/t17-/m1/s1. The van der Waals surface area contributed by atoms with Gasteiger partial charge in [-0.25, -0.2) is 4.79 Å². The van der Waals surface area contributed by atoms with Crippen molar-refractivity contribution >= 4 is 28.5 Å². The Balaban J connectivity index is 2.25. The lowest BCUT2D eigenvalue weighted by Gasteiger charge is -2.19. The van der Waals surface area contributed by atoms with Gasteiger partial charge in [-0.1, -0.05) is 48.0 Å². The predicted molar refractivity (Wildman–Crippen MR) is 97.7 cm³/mol. The molecule has 2 aromatic carbocycles. The molecule has 4 heteroatoms. The number of allylic oxidation sites excluding steroid dienone is 1. The van der Waals surface area contributed by atoms with Crippen LogP contribution in [0.3, 0.4) is 0 Å². The minimum atomic E-state index is -0.354. The number of aromatic nitrogens is 1. The summed E-state index contributed by atoms with van der Waals surface area (Å²) in [6.07, 6.45) is 1.83. The minimum Gasteiger partial charge on any atom is -0.461 e. The van der Waals surface area contributed by atoms with Crippen molar-refractivity contribution in [3.63, 3.8) is 0 Å². The highest BCUT2D eigenvalue weighted by Crippen LogP contribution is 2.31. The Kier molecular flexibility index (Phi) is 4.72. The fraction of sp³-hybridized carbons (Fsp3) is 0.150. The average molecular weight is 340 g/mol. The molecule has 122 valence electrons. The number of hydrogen-bond acceptors (Lipinski definition) is 2. The first-order chi connectivity index (χ1) is 11.7. The van der Waals surface area contributed by atoms with Crippen molar-refractivity contribution in [2.75, 3.05) is 6.61 Å². The van der Waals surface area contributed by atoms with E-state index in [1.807, 2.05) is 65.2 Å². The summed E-state index contributed by atoms with van der Waals surface area (Å²) >= 11 is 6.11. The van der Waals surface area contributed by atoms with Gasteiger partial charge >= 0.3 is 5.97 Å². The van der Waals surface area contributed by atoms with Gasteiger partial charge in [0.2, 0.25) is 0 Å². The van der Waals surface area contributed by atoms with Gasteiger partial charge in [-0.3, -0.25) is 0 Å². The van der Waals surface area contributed by atoms with Gasteiger partial charge in [0.1, 0.15) is 5.69 Å². The van der Waals surface area contributed by atoms with Crippen LogP contribution in [0.2, 0.25) is 5.02 Å². The smallest absolute Gasteiger partial charge is 0.355 e. The van der Waals surface area contributed by atoms with Gasteiger partial charge in [0.15, 0.2) is 0 Å². The third kappa shape index (κ3) is 2.95. The zero-order valence-corrected chi connectivity index (χ0v) is 14.2. The lowest BCUT2D eigenvalue weighted by atomic mass is 10.1. The number of fused-ring (bicyclic) bond motifs is 1. The highest BCUT2D eigenvalue weighted by Gasteiger charge is 2.22. The molecule has 0 amide bonds. The van der Waals surface area contributed by atoms with Gasteiger partial charge in [0, 0.05) is 15.9 Å². The SMILES string of the molecule is C=C[C@H](c1ccccc1)n1c(C(=O)OCC)cc2cc(Cl)ccc21. The van der Waals surface area contributed by atoms with Gasteiger partial charge in [-0.2, -0.15) is 0 Å². The van der Waals surface area contributed by atoms with Crippen LogP contribution in [0.25, 0.3) is 10.9 Å². The van der Waals surface area contributed by atoms with Crippen LogP contribution < -0.4 is 0 Å². The molecular formula is C20H18ClNO2. The second kappa shape index (κ2) is 6.93. The monoisotopic (exact) mass is 339 g/mol. The van der Waals surface area contributed by atoms with E-state index in [-0.39, 0.29) is 12.0 Å². The predicted octanol–water partition coefficient (Wildman–Crippen LogP) is 5.25. The van der Waals surface area contributed by atoms with Crippen molar-refractivity contribution < 1.29 is 9.53 Å². The number of carbonyl (C=O) groups excluding carboxylic acids is 1. The second-order valence-corrected chi connectivity index (χ2v) is 5.85. The molecule has 0 aliphatic carbocycles. The normalized spacial score (nSPS) is 12.1. The van der Waals surface area contributed by atoms with Gasteiger partial charge in [0.05, 0.1) is 12.6 Å². The Bertz CT molecular complexity index is 883. The molecule has 3 nitrogen and oxygen atoms in total. The number of nitrogens with zero attached hydrogens (tertiary/aromatic N) is 1. The number of ether oxygens (including phenoxy) is 1. The summed E-state index contributed by atoms with van der Waals surface area (Å²) in [5.74, 6) is -0.354. The third-order valence-electron chi connectivity index (χ3n) is 3.93. The summed E-state index contributed by atoms with van der Waals surface area (Å²) in [5, 5.41) is 1.53. The second-order valence-electron chi connectivity index (χ2n) is 5.41. The molecule has 1 aromatic heterocycles. The molecule has 0 aliphatic heterocycles. The van der Waals surface area contributed by atoms with Crippen molar-refractivity contribution in [1.82, 2.24) is 4.57 Å². The minimum absolute atomic E-state index is 0.177. The van der Waals surface area contributed by atoms with Crippen LogP contribution in [0.4, 0.5) is 0 Å². The summed E-state index contributed by atoms with van der Waals surface area (Å²) in [5.41, 5.74) is 2.45. The molecule has 0 saturated heterocycles. The Morgan fingerprint density at radius 3 is 2.67 bits per heavy atom. The third-order valence-corrected chi connectivity index (χ3v) is 4.16. The number of hydrogen-bond donors (Lipinski definition) is 0. The van der Waals surface area contributed by atoms with Gasteiger partial charge in [-0.15, -0.1) is 6.58 Å². The Labute approximate surface area is 146 Å². The van der Waals surface area contributed by atoms with Crippen LogP contribution in [0.5, 0.6) is 0 Å². The molecule has 3 aromatic rings. The molecule has 0 aliphatic rings. The highest BCUT2D eigenvalue weighted by molar-refractivity contribution is 6.31. The number of halogens is 1. The molecule has 0 unspecified atom stereocenters. The maximum absolute atomic E-state index is 12.5. The topological polar surface area (TPSA) is 31.2 Å². The van der Waals surface area contributed by atoms with Gasteiger partial charge in [-0.05, 0) is 36.8 Å². The lowest BCUT2D eigenvalue weighted by Crippen LogP contribution is -2.16. The van der Waals surface area contributed by atoms with E-state index in [0.717, 1.165) is 16.5 Å². The van der Waals surface area contributed by atoms with E-state index in [9.17, 15) is 4.79 Å². The Morgan fingerprint density at radius 1 is 1.25 bits per heavy atom. The zero-order chi connectivity index (χ0) is 17.1. The van der Waals surface area contributed by atoms with Crippen molar-refractivity contribution in [1.29, 1.82) is 0 Å². The van der Waals surface area contributed by atoms with Crippen molar-refractivity contribution in [2.24, 2.45) is 0 Å². The van der Waals surface area contributed by atoms with E-state index in [1.54, 1.807) is 6.92 Å². The molecule has 0 bridgehead atoms.